The summed E-state index contributed by atoms with van der Waals surface area (Å²) in [4.78, 5) is 14.1. The van der Waals surface area contributed by atoms with Crippen molar-refractivity contribution in [1.82, 2.24) is 0 Å². The van der Waals surface area contributed by atoms with Crippen LogP contribution in [0.25, 0.3) is 50.8 Å². The first kappa shape index (κ1) is 45.2. The summed E-state index contributed by atoms with van der Waals surface area (Å²) in [6, 6.07) is 13.7. The van der Waals surface area contributed by atoms with Crippen LogP contribution in [0.3, 0.4) is 0 Å². The topological polar surface area (TPSA) is 56.3 Å². The summed E-state index contributed by atoms with van der Waals surface area (Å²) in [5.74, 6) is 0.863. The molecular formula is C48H60N4S4. The Kier molecular flexibility index (Phi) is 20.2. The second kappa shape index (κ2) is 25.0. The van der Waals surface area contributed by atoms with E-state index in [1.54, 1.807) is 22.7 Å². The zero-order chi connectivity index (χ0) is 40.1. The molecule has 4 aromatic rings. The highest BCUT2D eigenvalue weighted by Crippen LogP contribution is 2.49. The molecule has 0 aromatic carbocycles. The first-order valence-electron chi connectivity index (χ1n) is 21.2. The summed E-state index contributed by atoms with van der Waals surface area (Å²) in [5, 5.41) is 19.4. The molecule has 0 spiro atoms. The summed E-state index contributed by atoms with van der Waals surface area (Å²) < 4.78 is 2.53. The molecule has 0 atom stereocenters. The summed E-state index contributed by atoms with van der Waals surface area (Å²) in [5.41, 5.74) is 2.93. The number of fused-ring (bicyclic) bond motifs is 1. The summed E-state index contributed by atoms with van der Waals surface area (Å²) in [6.45, 7) is 24.3. The zero-order valence-electron chi connectivity index (χ0n) is 34.2. The van der Waals surface area contributed by atoms with Crippen LogP contribution in [0.15, 0.2) is 35.7 Å². The molecular weight excluding hydrogens is 761 g/mol. The number of nitriles is 2. The van der Waals surface area contributed by atoms with Crippen molar-refractivity contribution in [2.75, 3.05) is 0 Å². The molecule has 0 saturated carbocycles. The van der Waals surface area contributed by atoms with Gasteiger partial charge in [-0.25, -0.2) is 20.2 Å². The molecule has 0 unspecified atom stereocenters. The van der Waals surface area contributed by atoms with Gasteiger partial charge in [0.05, 0.1) is 25.3 Å². The van der Waals surface area contributed by atoms with Crippen molar-refractivity contribution in [1.29, 1.82) is 10.5 Å². The second-order valence-electron chi connectivity index (χ2n) is 15.1. The molecule has 4 nitrogen and oxygen atoms in total. The SMILES string of the molecule is [C-]#[N+]/C(C#N)=C\c1sc(-c2cc3sc(-c4cc(C(CCCCCC)CCCCCC)c(/C=C(\C#N)[N+]#[C-])s4)cc3s2)cc1C(CCCCCC)CCCCCC. The largest absolute Gasteiger partial charge is 0.263 e. The number of hydrogen-bond donors (Lipinski definition) is 0. The predicted octanol–water partition coefficient (Wildman–Crippen LogP) is 18.0. The Morgan fingerprint density at radius 1 is 0.518 bits per heavy atom. The Morgan fingerprint density at radius 3 is 1.12 bits per heavy atom. The molecule has 56 heavy (non-hydrogen) atoms. The van der Waals surface area contributed by atoms with E-state index in [0.29, 0.717) is 11.8 Å². The minimum Gasteiger partial charge on any atom is -0.227 e. The molecule has 296 valence electrons. The average molecular weight is 821 g/mol. The Balaban J connectivity index is 1.71. The molecule has 8 heteroatoms. The Bertz CT molecular complexity index is 1810. The number of rotatable bonds is 26. The quantitative estimate of drug-likeness (QED) is 0.0360. The molecule has 4 heterocycles. The number of unbranched alkanes of at least 4 members (excludes halogenated alkanes) is 12. The van der Waals surface area contributed by atoms with E-state index < -0.39 is 0 Å². The molecule has 0 N–H and O–H groups in total. The van der Waals surface area contributed by atoms with E-state index in [1.807, 2.05) is 34.8 Å². The average Bonchev–Trinajstić information content (AvgIpc) is 4.01. The van der Waals surface area contributed by atoms with Crippen molar-refractivity contribution in [2.45, 2.75) is 168 Å². The third-order valence-corrected chi connectivity index (χ3v) is 15.7. The van der Waals surface area contributed by atoms with E-state index in [9.17, 15) is 10.5 Å². The lowest BCUT2D eigenvalue weighted by Gasteiger charge is -2.17. The zero-order valence-corrected chi connectivity index (χ0v) is 37.4. The van der Waals surface area contributed by atoms with Crippen LogP contribution in [0, 0.1) is 35.8 Å². The Hall–Kier alpha value is -3.50. The normalized spacial score (nSPS) is 12.0. The van der Waals surface area contributed by atoms with Gasteiger partial charge >= 0.3 is 0 Å². The maximum absolute atomic E-state index is 9.71. The molecule has 0 amide bonds. The van der Waals surface area contributed by atoms with Crippen LogP contribution in [0.1, 0.15) is 189 Å². The minimum absolute atomic E-state index is 0.152. The van der Waals surface area contributed by atoms with Crippen LogP contribution in [-0.2, 0) is 0 Å². The fourth-order valence-corrected chi connectivity index (χ4v) is 12.5. The van der Waals surface area contributed by atoms with Crippen LogP contribution < -0.4 is 0 Å². The molecule has 4 aromatic heterocycles. The first-order valence-corrected chi connectivity index (χ1v) is 24.5. The number of hydrogen-bond acceptors (Lipinski definition) is 6. The van der Waals surface area contributed by atoms with Crippen molar-refractivity contribution in [3.05, 3.63) is 79.4 Å². The van der Waals surface area contributed by atoms with Crippen molar-refractivity contribution in [3.8, 4) is 31.6 Å². The third kappa shape index (κ3) is 13.3. The van der Waals surface area contributed by atoms with Gasteiger partial charge in [0.15, 0.2) is 0 Å². The standard InChI is InChI=1S/C48H60N4S4/c1-7-11-15-19-23-35(24-20-16-12-8-2)39-29-43(53-41(39)27-37(33-49)51-5)45-31-47-48(55-45)32-46(56-47)44-30-40(42(54-44)28-38(34-50)52-6)36(25-21-17-13-9-3)26-22-18-14-10-4/h27-32,35-36H,7-26H2,1-4H3/b37-27-,38-28+. The van der Waals surface area contributed by atoms with Gasteiger partial charge in [-0.1, -0.05) is 130 Å². The molecule has 0 aliphatic carbocycles. The van der Waals surface area contributed by atoms with E-state index in [0.717, 1.165) is 35.4 Å². The maximum atomic E-state index is 9.71. The second-order valence-corrected chi connectivity index (χ2v) is 19.4. The van der Waals surface area contributed by atoms with Crippen LogP contribution in [-0.4, -0.2) is 0 Å². The Labute approximate surface area is 354 Å². The van der Waals surface area contributed by atoms with Gasteiger partial charge in [0, 0.05) is 38.7 Å². The fourth-order valence-electron chi connectivity index (χ4n) is 7.63. The number of nitrogens with zero attached hydrogens (tertiary/aromatic N) is 4. The van der Waals surface area contributed by atoms with Gasteiger partial charge in [-0.2, -0.15) is 0 Å². The van der Waals surface area contributed by atoms with Crippen LogP contribution in [0.2, 0.25) is 0 Å². The van der Waals surface area contributed by atoms with Gasteiger partial charge in [-0.3, -0.25) is 0 Å². The molecule has 0 aliphatic rings. The molecule has 0 fully saturated rings. The lowest BCUT2D eigenvalue weighted by molar-refractivity contribution is 0.497. The monoisotopic (exact) mass is 820 g/mol. The fraction of sp³-hybridized carbons (Fsp3) is 0.542. The van der Waals surface area contributed by atoms with Crippen molar-refractivity contribution < 1.29 is 0 Å². The molecule has 0 bridgehead atoms. The van der Waals surface area contributed by atoms with Gasteiger partial charge < -0.3 is 0 Å². The summed E-state index contributed by atoms with van der Waals surface area (Å²) in [6.07, 6.45) is 28.1. The van der Waals surface area contributed by atoms with Gasteiger partial charge in [-0.05, 0) is 85.1 Å². The third-order valence-electron chi connectivity index (χ3n) is 10.8. The van der Waals surface area contributed by atoms with Gasteiger partial charge in [0.25, 0.3) is 11.4 Å². The van der Waals surface area contributed by atoms with E-state index in [-0.39, 0.29) is 11.4 Å². The van der Waals surface area contributed by atoms with E-state index in [4.69, 9.17) is 13.1 Å². The highest BCUT2D eigenvalue weighted by atomic mass is 32.1. The maximum Gasteiger partial charge on any atom is 0.263 e. The van der Waals surface area contributed by atoms with Crippen molar-refractivity contribution in [3.63, 3.8) is 0 Å². The van der Waals surface area contributed by atoms with Crippen LogP contribution in [0.4, 0.5) is 0 Å². The molecule has 0 radical (unpaired) electrons. The number of allylic oxidation sites excluding steroid dienone is 2. The first-order chi connectivity index (χ1) is 27.4. The lowest BCUT2D eigenvalue weighted by Crippen LogP contribution is -2.00. The van der Waals surface area contributed by atoms with Crippen LogP contribution >= 0.6 is 45.3 Å². The molecule has 0 saturated heterocycles. The number of thiophene rings is 4. The van der Waals surface area contributed by atoms with E-state index in [2.05, 4.69) is 73.8 Å². The lowest BCUT2D eigenvalue weighted by atomic mass is 9.88. The van der Waals surface area contributed by atoms with Gasteiger partial charge in [-0.15, -0.1) is 45.3 Å². The highest BCUT2D eigenvalue weighted by molar-refractivity contribution is 7.33. The smallest absolute Gasteiger partial charge is 0.227 e. The molecule has 0 aliphatic heterocycles. The summed E-state index contributed by atoms with van der Waals surface area (Å²) >= 11 is 7.13. The van der Waals surface area contributed by atoms with Crippen molar-refractivity contribution in [2.24, 2.45) is 0 Å². The Morgan fingerprint density at radius 2 is 0.839 bits per heavy atom. The minimum atomic E-state index is 0.152. The predicted molar refractivity (Wildman–Crippen MR) is 247 cm³/mol. The van der Waals surface area contributed by atoms with E-state index in [1.165, 1.54) is 143 Å². The van der Waals surface area contributed by atoms with Gasteiger partial charge in [0.2, 0.25) is 0 Å². The van der Waals surface area contributed by atoms with E-state index >= 15 is 0 Å². The summed E-state index contributed by atoms with van der Waals surface area (Å²) in [7, 11) is 0. The molecule has 4 rings (SSSR count). The van der Waals surface area contributed by atoms with Gasteiger partial charge in [0.1, 0.15) is 0 Å². The highest BCUT2D eigenvalue weighted by Gasteiger charge is 2.23. The van der Waals surface area contributed by atoms with Crippen molar-refractivity contribution >= 4 is 66.9 Å². The van der Waals surface area contributed by atoms with Crippen LogP contribution in [0.5, 0.6) is 0 Å².